The number of aryl methyl sites for hydroxylation is 1. The first kappa shape index (κ1) is 19.3. The van der Waals surface area contributed by atoms with Crippen molar-refractivity contribution in [1.82, 2.24) is 15.0 Å². The van der Waals surface area contributed by atoms with Crippen LogP contribution in [0.15, 0.2) is 53.1 Å². The number of nitrogens with zero attached hydrogens (tertiary/aromatic N) is 3. The topological polar surface area (TPSA) is 71.3 Å². The van der Waals surface area contributed by atoms with E-state index in [1.54, 1.807) is 12.1 Å². The fraction of sp³-hybridized carbons (Fsp3) is 0.318. The van der Waals surface area contributed by atoms with Gasteiger partial charge in [-0.1, -0.05) is 23.7 Å². The van der Waals surface area contributed by atoms with Gasteiger partial charge in [0.25, 0.3) is 0 Å². The summed E-state index contributed by atoms with van der Waals surface area (Å²) < 4.78 is 18.6. The van der Waals surface area contributed by atoms with Crippen LogP contribution >= 0.6 is 0 Å². The van der Waals surface area contributed by atoms with Gasteiger partial charge in [-0.3, -0.25) is 9.69 Å². The molecule has 1 aromatic heterocycles. The second-order valence-corrected chi connectivity index (χ2v) is 7.36. The molecule has 1 saturated heterocycles. The van der Waals surface area contributed by atoms with Crippen LogP contribution in [0.25, 0.3) is 11.4 Å². The average molecular weight is 394 g/mol. The summed E-state index contributed by atoms with van der Waals surface area (Å²) in [4.78, 5) is 19.2. The summed E-state index contributed by atoms with van der Waals surface area (Å²) >= 11 is 0. The van der Waals surface area contributed by atoms with E-state index in [1.165, 1.54) is 12.1 Å². The molecule has 1 unspecified atom stereocenters. The molecule has 0 bridgehead atoms. The second-order valence-electron chi connectivity index (χ2n) is 7.36. The van der Waals surface area contributed by atoms with Crippen molar-refractivity contribution < 1.29 is 13.7 Å². The summed E-state index contributed by atoms with van der Waals surface area (Å²) in [6.45, 7) is 3.04. The normalized spacial score (nSPS) is 17.2. The van der Waals surface area contributed by atoms with Crippen LogP contribution in [0.5, 0.6) is 0 Å². The predicted octanol–water partition coefficient (Wildman–Crippen LogP) is 4.35. The third-order valence-electron chi connectivity index (χ3n) is 5.09. The zero-order chi connectivity index (χ0) is 20.2. The van der Waals surface area contributed by atoms with Crippen LogP contribution in [0.2, 0.25) is 0 Å². The molecular formula is C22H23FN4O2. The Bertz CT molecular complexity index is 986. The minimum absolute atomic E-state index is 0.0687. The van der Waals surface area contributed by atoms with E-state index in [0.29, 0.717) is 17.3 Å². The number of likely N-dealkylation sites (tertiary alicyclic amines) is 1. The van der Waals surface area contributed by atoms with Gasteiger partial charge in [-0.05, 0) is 68.3 Å². The van der Waals surface area contributed by atoms with Gasteiger partial charge in [-0.2, -0.15) is 4.98 Å². The Balaban J connectivity index is 1.46. The Hall–Kier alpha value is -3.06. The monoisotopic (exact) mass is 394 g/mol. The molecule has 0 saturated carbocycles. The number of anilines is 1. The Morgan fingerprint density at radius 1 is 1.24 bits per heavy atom. The van der Waals surface area contributed by atoms with Crippen molar-refractivity contribution in [1.29, 1.82) is 0 Å². The first-order chi connectivity index (χ1) is 14.1. The van der Waals surface area contributed by atoms with E-state index < -0.39 is 0 Å². The van der Waals surface area contributed by atoms with Crippen molar-refractivity contribution in [2.75, 3.05) is 18.4 Å². The van der Waals surface area contributed by atoms with Gasteiger partial charge in [0, 0.05) is 11.3 Å². The SMILES string of the molecule is Cc1cccc(NC(=O)CN2CCCCC2c2nc(-c3ccc(F)cc3)no2)c1. The van der Waals surface area contributed by atoms with Crippen LogP contribution in [0.3, 0.4) is 0 Å². The molecule has 1 aliphatic rings. The highest BCUT2D eigenvalue weighted by Crippen LogP contribution is 2.31. The van der Waals surface area contributed by atoms with Crippen molar-refractivity contribution in [2.24, 2.45) is 0 Å². The number of hydrogen-bond donors (Lipinski definition) is 1. The number of halogens is 1. The Morgan fingerprint density at radius 2 is 2.07 bits per heavy atom. The van der Waals surface area contributed by atoms with E-state index in [1.807, 2.05) is 31.2 Å². The van der Waals surface area contributed by atoms with E-state index in [-0.39, 0.29) is 24.3 Å². The largest absolute Gasteiger partial charge is 0.337 e. The standard InChI is InChI=1S/C22H23FN4O2/c1-15-5-4-6-18(13-15)24-20(28)14-27-12-3-2-7-19(27)22-25-21(26-29-22)16-8-10-17(23)11-9-16/h4-6,8-11,13,19H,2-3,7,12,14H2,1H3,(H,24,28). The highest BCUT2D eigenvalue weighted by Gasteiger charge is 2.30. The molecule has 1 atom stereocenters. The van der Waals surface area contributed by atoms with Crippen molar-refractivity contribution in [3.63, 3.8) is 0 Å². The highest BCUT2D eigenvalue weighted by atomic mass is 19.1. The second kappa shape index (κ2) is 8.53. The first-order valence-corrected chi connectivity index (χ1v) is 9.78. The van der Waals surface area contributed by atoms with E-state index in [9.17, 15) is 9.18 Å². The number of carbonyl (C=O) groups excluding carboxylic acids is 1. The van der Waals surface area contributed by atoms with Crippen LogP contribution in [0, 0.1) is 12.7 Å². The van der Waals surface area contributed by atoms with E-state index in [0.717, 1.165) is 37.1 Å². The molecular weight excluding hydrogens is 371 g/mol. The highest BCUT2D eigenvalue weighted by molar-refractivity contribution is 5.92. The van der Waals surface area contributed by atoms with Crippen LogP contribution in [-0.4, -0.2) is 34.0 Å². The lowest BCUT2D eigenvalue weighted by molar-refractivity contribution is -0.118. The lowest BCUT2D eigenvalue weighted by Crippen LogP contribution is -2.39. The number of aromatic nitrogens is 2. The van der Waals surface area contributed by atoms with Gasteiger partial charge in [0.15, 0.2) is 0 Å². The Kier molecular flexibility index (Phi) is 5.67. The molecule has 4 rings (SSSR count). The molecule has 1 amide bonds. The summed E-state index contributed by atoms with van der Waals surface area (Å²) in [5.41, 5.74) is 2.58. The lowest BCUT2D eigenvalue weighted by Gasteiger charge is -2.32. The third-order valence-corrected chi connectivity index (χ3v) is 5.09. The molecule has 1 aliphatic heterocycles. The van der Waals surface area contributed by atoms with Gasteiger partial charge in [0.2, 0.25) is 17.6 Å². The van der Waals surface area contributed by atoms with Crippen LogP contribution in [0.1, 0.15) is 36.8 Å². The maximum Gasteiger partial charge on any atom is 0.244 e. The minimum atomic E-state index is -0.310. The average Bonchev–Trinajstić information content (AvgIpc) is 3.19. The molecule has 29 heavy (non-hydrogen) atoms. The quantitative estimate of drug-likeness (QED) is 0.697. The smallest absolute Gasteiger partial charge is 0.244 e. The van der Waals surface area contributed by atoms with Crippen molar-refractivity contribution in [2.45, 2.75) is 32.2 Å². The maximum atomic E-state index is 13.1. The fourth-order valence-electron chi connectivity index (χ4n) is 3.65. The zero-order valence-electron chi connectivity index (χ0n) is 16.3. The minimum Gasteiger partial charge on any atom is -0.337 e. The molecule has 150 valence electrons. The van der Waals surface area contributed by atoms with Gasteiger partial charge < -0.3 is 9.84 Å². The van der Waals surface area contributed by atoms with Gasteiger partial charge in [0.1, 0.15) is 5.82 Å². The van der Waals surface area contributed by atoms with Crippen LogP contribution in [-0.2, 0) is 4.79 Å². The summed E-state index contributed by atoms with van der Waals surface area (Å²) in [7, 11) is 0. The number of amides is 1. The Labute approximate surface area is 168 Å². The molecule has 2 aromatic carbocycles. The first-order valence-electron chi connectivity index (χ1n) is 9.78. The number of nitrogens with one attached hydrogen (secondary N) is 1. The van der Waals surface area contributed by atoms with Gasteiger partial charge in [-0.25, -0.2) is 4.39 Å². The van der Waals surface area contributed by atoms with Crippen LogP contribution < -0.4 is 5.32 Å². The molecule has 0 radical (unpaired) electrons. The summed E-state index contributed by atoms with van der Waals surface area (Å²) in [5.74, 6) is 0.540. The molecule has 1 N–H and O–H groups in total. The summed E-state index contributed by atoms with van der Waals surface area (Å²) in [6.07, 6.45) is 2.91. The number of hydrogen-bond acceptors (Lipinski definition) is 5. The Morgan fingerprint density at radius 3 is 2.86 bits per heavy atom. The molecule has 3 aromatic rings. The lowest BCUT2D eigenvalue weighted by atomic mass is 10.0. The number of carbonyl (C=O) groups is 1. The number of rotatable bonds is 5. The van der Waals surface area contributed by atoms with E-state index in [4.69, 9.17) is 4.52 Å². The van der Waals surface area contributed by atoms with E-state index in [2.05, 4.69) is 20.4 Å². The molecule has 7 heteroatoms. The predicted molar refractivity (Wildman–Crippen MR) is 108 cm³/mol. The maximum absolute atomic E-state index is 13.1. The van der Waals surface area contributed by atoms with E-state index >= 15 is 0 Å². The summed E-state index contributed by atoms with van der Waals surface area (Å²) in [5, 5.41) is 7.00. The molecule has 1 fully saturated rings. The van der Waals surface area contributed by atoms with Gasteiger partial charge >= 0.3 is 0 Å². The van der Waals surface area contributed by atoms with Crippen LogP contribution in [0.4, 0.5) is 10.1 Å². The molecule has 0 aliphatic carbocycles. The fourth-order valence-corrected chi connectivity index (χ4v) is 3.65. The van der Waals surface area contributed by atoms with Gasteiger partial charge in [0.05, 0.1) is 12.6 Å². The summed E-state index contributed by atoms with van der Waals surface area (Å²) in [6, 6.07) is 13.6. The zero-order valence-corrected chi connectivity index (χ0v) is 16.3. The third kappa shape index (κ3) is 4.68. The number of benzene rings is 2. The van der Waals surface area contributed by atoms with Crippen molar-refractivity contribution >= 4 is 11.6 Å². The number of piperidine rings is 1. The molecule has 6 nitrogen and oxygen atoms in total. The van der Waals surface area contributed by atoms with Crippen molar-refractivity contribution in [3.05, 3.63) is 65.8 Å². The van der Waals surface area contributed by atoms with Crippen molar-refractivity contribution in [3.8, 4) is 11.4 Å². The van der Waals surface area contributed by atoms with Gasteiger partial charge in [-0.15, -0.1) is 0 Å². The molecule has 2 heterocycles. The molecule has 0 spiro atoms.